The highest BCUT2D eigenvalue weighted by molar-refractivity contribution is 6.30. The summed E-state index contributed by atoms with van der Waals surface area (Å²) in [5, 5.41) is 6.57. The Balaban J connectivity index is 1.57. The average molecular weight is 369 g/mol. The van der Waals surface area contributed by atoms with Crippen molar-refractivity contribution in [2.75, 3.05) is 17.7 Å². The minimum Gasteiger partial charge on any atom is -0.497 e. The molecule has 1 amide bonds. The fourth-order valence-corrected chi connectivity index (χ4v) is 2.32. The summed E-state index contributed by atoms with van der Waals surface area (Å²) in [5.41, 5.74) is 2.10. The van der Waals surface area contributed by atoms with Crippen molar-refractivity contribution in [1.29, 1.82) is 0 Å². The number of anilines is 2. The lowest BCUT2D eigenvalue weighted by Crippen LogP contribution is -2.13. The van der Waals surface area contributed by atoms with Gasteiger partial charge in [-0.25, -0.2) is 9.97 Å². The molecular weight excluding hydrogens is 352 g/mol. The number of methoxy groups -OCH3 is 1. The molecule has 3 aromatic rings. The van der Waals surface area contributed by atoms with Gasteiger partial charge >= 0.3 is 0 Å². The van der Waals surface area contributed by atoms with Crippen molar-refractivity contribution in [3.8, 4) is 5.75 Å². The number of nitrogens with zero attached hydrogens (tertiary/aromatic N) is 2. The number of rotatable bonds is 6. The van der Waals surface area contributed by atoms with Crippen LogP contribution in [0.15, 0.2) is 60.9 Å². The normalized spacial score (nSPS) is 10.2. The van der Waals surface area contributed by atoms with Gasteiger partial charge in [0.1, 0.15) is 5.75 Å². The molecule has 0 aliphatic heterocycles. The van der Waals surface area contributed by atoms with Crippen molar-refractivity contribution >= 4 is 29.1 Å². The van der Waals surface area contributed by atoms with Crippen molar-refractivity contribution in [2.24, 2.45) is 0 Å². The Morgan fingerprint density at radius 1 is 1.04 bits per heavy atom. The highest BCUT2D eigenvalue weighted by atomic mass is 35.5. The molecule has 3 rings (SSSR count). The summed E-state index contributed by atoms with van der Waals surface area (Å²) in [6.45, 7) is 0.564. The van der Waals surface area contributed by atoms with Crippen molar-refractivity contribution < 1.29 is 9.53 Å². The second kappa shape index (κ2) is 8.31. The van der Waals surface area contributed by atoms with Crippen LogP contribution in [-0.2, 0) is 6.54 Å². The first-order valence-electron chi connectivity index (χ1n) is 7.90. The van der Waals surface area contributed by atoms with E-state index in [1.807, 2.05) is 24.3 Å². The van der Waals surface area contributed by atoms with Crippen LogP contribution in [-0.4, -0.2) is 23.0 Å². The molecule has 1 aromatic heterocycles. The summed E-state index contributed by atoms with van der Waals surface area (Å²) in [4.78, 5) is 20.6. The van der Waals surface area contributed by atoms with Crippen LogP contribution in [0, 0.1) is 0 Å². The standard InChI is InChI=1S/C19H17ClN4O2/c1-26-17-8-6-16(7-9-17)24-18(25)14-11-22-19(23-12-14)21-10-13-2-4-15(20)5-3-13/h2-9,11-12H,10H2,1H3,(H,24,25)(H,21,22,23). The number of hydrogen-bond donors (Lipinski definition) is 2. The van der Waals surface area contributed by atoms with Gasteiger partial charge in [0, 0.05) is 29.6 Å². The van der Waals surface area contributed by atoms with Crippen LogP contribution in [0.3, 0.4) is 0 Å². The van der Waals surface area contributed by atoms with Gasteiger partial charge in [0.2, 0.25) is 5.95 Å². The van der Waals surface area contributed by atoms with Gasteiger partial charge in [0.15, 0.2) is 0 Å². The number of halogens is 1. The topological polar surface area (TPSA) is 76.1 Å². The van der Waals surface area contributed by atoms with E-state index in [0.717, 1.165) is 11.3 Å². The summed E-state index contributed by atoms with van der Waals surface area (Å²) in [6.07, 6.45) is 2.96. The van der Waals surface area contributed by atoms with E-state index < -0.39 is 0 Å². The Labute approximate surface area is 156 Å². The molecule has 0 aliphatic carbocycles. The molecule has 0 spiro atoms. The molecule has 7 heteroatoms. The Morgan fingerprint density at radius 2 is 1.69 bits per heavy atom. The summed E-state index contributed by atoms with van der Waals surface area (Å²) < 4.78 is 5.09. The van der Waals surface area contributed by atoms with E-state index >= 15 is 0 Å². The minimum atomic E-state index is -0.278. The van der Waals surface area contributed by atoms with Crippen LogP contribution in [0.2, 0.25) is 5.02 Å². The molecule has 0 saturated heterocycles. The van der Waals surface area contributed by atoms with Crippen LogP contribution >= 0.6 is 11.6 Å². The molecule has 26 heavy (non-hydrogen) atoms. The van der Waals surface area contributed by atoms with Gasteiger partial charge in [-0.15, -0.1) is 0 Å². The summed E-state index contributed by atoms with van der Waals surface area (Å²) in [5.74, 6) is 0.891. The van der Waals surface area contributed by atoms with Crippen LogP contribution < -0.4 is 15.4 Å². The quantitative estimate of drug-likeness (QED) is 0.687. The lowest BCUT2D eigenvalue weighted by molar-refractivity contribution is 0.102. The van der Waals surface area contributed by atoms with Crippen LogP contribution in [0.4, 0.5) is 11.6 Å². The van der Waals surface area contributed by atoms with Crippen molar-refractivity contribution in [3.63, 3.8) is 0 Å². The zero-order valence-electron chi connectivity index (χ0n) is 14.1. The van der Waals surface area contributed by atoms with Gasteiger partial charge in [-0.3, -0.25) is 4.79 Å². The summed E-state index contributed by atoms with van der Waals surface area (Å²) in [6, 6.07) is 14.6. The largest absolute Gasteiger partial charge is 0.497 e. The molecule has 6 nitrogen and oxygen atoms in total. The molecular formula is C19H17ClN4O2. The molecule has 2 N–H and O–H groups in total. The van der Waals surface area contributed by atoms with E-state index in [1.165, 1.54) is 12.4 Å². The van der Waals surface area contributed by atoms with E-state index in [9.17, 15) is 4.79 Å². The second-order valence-corrected chi connectivity index (χ2v) is 5.89. The molecule has 132 valence electrons. The number of benzene rings is 2. The number of hydrogen-bond acceptors (Lipinski definition) is 5. The molecule has 0 fully saturated rings. The Kier molecular flexibility index (Phi) is 5.66. The van der Waals surface area contributed by atoms with E-state index in [1.54, 1.807) is 31.4 Å². The lowest BCUT2D eigenvalue weighted by atomic mass is 10.2. The van der Waals surface area contributed by atoms with Gasteiger partial charge in [-0.05, 0) is 42.0 Å². The Morgan fingerprint density at radius 3 is 2.31 bits per heavy atom. The van der Waals surface area contributed by atoms with Crippen molar-refractivity contribution in [3.05, 3.63) is 77.1 Å². The van der Waals surface area contributed by atoms with Crippen molar-refractivity contribution in [2.45, 2.75) is 6.54 Å². The van der Waals surface area contributed by atoms with Gasteiger partial charge in [-0.1, -0.05) is 23.7 Å². The maximum atomic E-state index is 12.2. The third kappa shape index (κ3) is 4.70. The third-order valence-corrected chi connectivity index (χ3v) is 3.88. The first-order chi connectivity index (χ1) is 12.6. The number of ether oxygens (including phenoxy) is 1. The van der Waals surface area contributed by atoms with E-state index in [4.69, 9.17) is 16.3 Å². The van der Waals surface area contributed by atoms with E-state index in [2.05, 4.69) is 20.6 Å². The smallest absolute Gasteiger partial charge is 0.258 e. The number of nitrogens with one attached hydrogen (secondary N) is 2. The van der Waals surface area contributed by atoms with Gasteiger partial charge in [-0.2, -0.15) is 0 Å². The fourth-order valence-electron chi connectivity index (χ4n) is 2.20. The first-order valence-corrected chi connectivity index (χ1v) is 8.27. The zero-order chi connectivity index (χ0) is 18.4. The number of carbonyl (C=O) groups excluding carboxylic acids is 1. The third-order valence-electron chi connectivity index (χ3n) is 3.63. The highest BCUT2D eigenvalue weighted by Gasteiger charge is 2.08. The Bertz CT molecular complexity index is 866. The number of aromatic nitrogens is 2. The molecule has 2 aromatic carbocycles. The second-order valence-electron chi connectivity index (χ2n) is 5.46. The summed E-state index contributed by atoms with van der Waals surface area (Å²) >= 11 is 5.86. The predicted molar refractivity (Wildman–Crippen MR) is 102 cm³/mol. The van der Waals surface area contributed by atoms with Gasteiger partial charge < -0.3 is 15.4 Å². The molecule has 1 heterocycles. The van der Waals surface area contributed by atoms with Crippen LogP contribution in [0.5, 0.6) is 5.75 Å². The average Bonchev–Trinajstić information content (AvgIpc) is 2.68. The minimum absolute atomic E-state index is 0.278. The molecule has 0 radical (unpaired) electrons. The molecule has 0 atom stereocenters. The van der Waals surface area contributed by atoms with Gasteiger partial charge in [0.25, 0.3) is 5.91 Å². The molecule has 0 aliphatic rings. The molecule has 0 saturated carbocycles. The van der Waals surface area contributed by atoms with Gasteiger partial charge in [0.05, 0.1) is 12.7 Å². The SMILES string of the molecule is COc1ccc(NC(=O)c2cnc(NCc3ccc(Cl)cc3)nc2)cc1. The van der Waals surface area contributed by atoms with Crippen LogP contribution in [0.1, 0.15) is 15.9 Å². The maximum Gasteiger partial charge on any atom is 0.258 e. The van der Waals surface area contributed by atoms with E-state index in [-0.39, 0.29) is 5.91 Å². The zero-order valence-corrected chi connectivity index (χ0v) is 14.8. The lowest BCUT2D eigenvalue weighted by Gasteiger charge is -2.07. The van der Waals surface area contributed by atoms with Crippen molar-refractivity contribution in [1.82, 2.24) is 9.97 Å². The summed E-state index contributed by atoms with van der Waals surface area (Å²) in [7, 11) is 1.59. The predicted octanol–water partition coefficient (Wildman–Crippen LogP) is 4.00. The fraction of sp³-hybridized carbons (Fsp3) is 0.105. The Hall–Kier alpha value is -3.12. The van der Waals surface area contributed by atoms with E-state index in [0.29, 0.717) is 28.8 Å². The monoisotopic (exact) mass is 368 g/mol. The highest BCUT2D eigenvalue weighted by Crippen LogP contribution is 2.16. The maximum absolute atomic E-state index is 12.2. The molecule has 0 unspecified atom stereocenters. The molecule has 0 bridgehead atoms. The van der Waals surface area contributed by atoms with Crippen LogP contribution in [0.25, 0.3) is 0 Å². The number of carbonyl (C=O) groups is 1. The first kappa shape index (κ1) is 17.7. The number of amides is 1.